The molecule has 0 saturated heterocycles. The monoisotopic (exact) mass is 240 g/mol. The summed E-state index contributed by atoms with van der Waals surface area (Å²) in [5, 5.41) is 8.87. The molecule has 0 aromatic rings. The van der Waals surface area contributed by atoms with E-state index in [2.05, 4.69) is 0 Å². The number of carboxylic acids is 1. The van der Waals surface area contributed by atoms with Crippen LogP contribution in [-0.4, -0.2) is 41.5 Å². The van der Waals surface area contributed by atoms with Gasteiger partial charge < -0.3 is 15.7 Å². The summed E-state index contributed by atoms with van der Waals surface area (Å²) in [6, 6.07) is 0. The van der Waals surface area contributed by atoms with Crippen molar-refractivity contribution < 1.29 is 14.7 Å². The molecule has 2 aliphatic carbocycles. The topological polar surface area (TPSA) is 83.6 Å². The normalized spacial score (nSPS) is 21.7. The zero-order valence-electron chi connectivity index (χ0n) is 10.0. The summed E-state index contributed by atoms with van der Waals surface area (Å²) in [7, 11) is 0. The van der Waals surface area contributed by atoms with Crippen LogP contribution in [0.3, 0.4) is 0 Å². The number of hydrogen-bond acceptors (Lipinski definition) is 3. The Morgan fingerprint density at radius 3 is 2.35 bits per heavy atom. The first-order chi connectivity index (χ1) is 8.07. The van der Waals surface area contributed by atoms with Crippen molar-refractivity contribution in [2.75, 3.05) is 19.6 Å². The van der Waals surface area contributed by atoms with Gasteiger partial charge in [0, 0.05) is 13.1 Å². The van der Waals surface area contributed by atoms with Crippen LogP contribution in [0.2, 0.25) is 0 Å². The fraction of sp³-hybridized carbons (Fsp3) is 0.833. The molecule has 17 heavy (non-hydrogen) atoms. The van der Waals surface area contributed by atoms with E-state index in [0.717, 1.165) is 32.1 Å². The lowest BCUT2D eigenvalue weighted by Crippen LogP contribution is -2.53. The van der Waals surface area contributed by atoms with Crippen LogP contribution >= 0.6 is 0 Å². The van der Waals surface area contributed by atoms with Gasteiger partial charge in [-0.3, -0.25) is 9.59 Å². The first kappa shape index (κ1) is 12.4. The SMILES string of the molecule is NCC1(C(=O)N(CC(=O)O)CC2CC2)CCC1. The number of nitrogens with two attached hydrogens (primary N) is 1. The van der Waals surface area contributed by atoms with E-state index in [1.165, 1.54) is 4.90 Å². The average Bonchev–Trinajstić information content (AvgIpc) is 2.99. The van der Waals surface area contributed by atoms with Gasteiger partial charge in [0.15, 0.2) is 0 Å². The predicted octanol–water partition coefficient (Wildman–Crippen LogP) is 0.439. The quantitative estimate of drug-likeness (QED) is 0.705. The lowest BCUT2D eigenvalue weighted by atomic mass is 9.68. The maximum atomic E-state index is 12.4. The number of amides is 1. The molecule has 0 heterocycles. The molecule has 3 N–H and O–H groups in total. The minimum absolute atomic E-state index is 0.0412. The first-order valence-electron chi connectivity index (χ1n) is 6.29. The maximum absolute atomic E-state index is 12.4. The molecule has 5 heteroatoms. The van der Waals surface area contributed by atoms with E-state index in [1.807, 2.05) is 0 Å². The highest BCUT2D eigenvalue weighted by Gasteiger charge is 2.46. The average molecular weight is 240 g/mol. The second-order valence-electron chi connectivity index (χ2n) is 5.36. The Morgan fingerprint density at radius 1 is 1.35 bits per heavy atom. The van der Waals surface area contributed by atoms with E-state index < -0.39 is 11.4 Å². The van der Waals surface area contributed by atoms with Crippen molar-refractivity contribution in [3.05, 3.63) is 0 Å². The second-order valence-corrected chi connectivity index (χ2v) is 5.36. The third kappa shape index (κ3) is 2.60. The van der Waals surface area contributed by atoms with E-state index in [4.69, 9.17) is 10.8 Å². The van der Waals surface area contributed by atoms with Gasteiger partial charge in [-0.1, -0.05) is 6.42 Å². The van der Waals surface area contributed by atoms with Crippen molar-refractivity contribution in [1.29, 1.82) is 0 Å². The predicted molar refractivity (Wildman–Crippen MR) is 62.3 cm³/mol. The van der Waals surface area contributed by atoms with Crippen molar-refractivity contribution in [2.45, 2.75) is 32.1 Å². The maximum Gasteiger partial charge on any atom is 0.323 e. The minimum Gasteiger partial charge on any atom is -0.480 e. The number of carbonyl (C=O) groups is 2. The highest BCUT2D eigenvalue weighted by molar-refractivity contribution is 5.87. The molecule has 2 fully saturated rings. The highest BCUT2D eigenvalue weighted by Crippen LogP contribution is 2.42. The van der Waals surface area contributed by atoms with Crippen molar-refractivity contribution >= 4 is 11.9 Å². The van der Waals surface area contributed by atoms with Gasteiger partial charge in [-0.2, -0.15) is 0 Å². The second kappa shape index (κ2) is 4.64. The molecule has 0 spiro atoms. The molecule has 1 amide bonds. The third-order valence-electron chi connectivity index (χ3n) is 3.94. The highest BCUT2D eigenvalue weighted by atomic mass is 16.4. The molecular weight excluding hydrogens is 220 g/mol. The van der Waals surface area contributed by atoms with Crippen LogP contribution in [0.25, 0.3) is 0 Å². The fourth-order valence-electron chi connectivity index (χ4n) is 2.44. The molecule has 0 aromatic carbocycles. The number of carbonyl (C=O) groups excluding carboxylic acids is 1. The molecule has 2 saturated carbocycles. The molecule has 0 atom stereocenters. The molecule has 0 bridgehead atoms. The Morgan fingerprint density at radius 2 is 2.00 bits per heavy atom. The van der Waals surface area contributed by atoms with Crippen LogP contribution < -0.4 is 5.73 Å². The van der Waals surface area contributed by atoms with Crippen molar-refractivity contribution in [3.63, 3.8) is 0 Å². The molecule has 5 nitrogen and oxygen atoms in total. The van der Waals surface area contributed by atoms with Crippen LogP contribution in [0.4, 0.5) is 0 Å². The summed E-state index contributed by atoms with van der Waals surface area (Å²) in [4.78, 5) is 24.7. The van der Waals surface area contributed by atoms with Gasteiger partial charge in [-0.05, 0) is 31.6 Å². The summed E-state index contributed by atoms with van der Waals surface area (Å²) in [6.07, 6.45) is 4.86. The molecule has 2 aliphatic rings. The van der Waals surface area contributed by atoms with Gasteiger partial charge in [0.1, 0.15) is 6.54 Å². The molecule has 0 radical (unpaired) electrons. The van der Waals surface area contributed by atoms with E-state index in [0.29, 0.717) is 19.0 Å². The third-order valence-corrected chi connectivity index (χ3v) is 3.94. The Bertz CT molecular complexity index is 316. The van der Waals surface area contributed by atoms with E-state index in [1.54, 1.807) is 0 Å². The van der Waals surface area contributed by atoms with Crippen LogP contribution in [0.1, 0.15) is 32.1 Å². The number of aliphatic carboxylic acids is 1. The molecule has 0 unspecified atom stereocenters. The smallest absolute Gasteiger partial charge is 0.323 e. The Labute approximate surface area is 101 Å². The van der Waals surface area contributed by atoms with Crippen molar-refractivity contribution in [1.82, 2.24) is 4.90 Å². The lowest BCUT2D eigenvalue weighted by molar-refractivity contribution is -0.153. The number of carboxylic acid groups (broad SMARTS) is 1. The standard InChI is InChI=1S/C12H20N2O3/c13-8-12(4-1-5-12)11(17)14(7-10(15)16)6-9-2-3-9/h9H,1-8,13H2,(H,15,16). The Kier molecular flexibility index (Phi) is 3.38. The Hall–Kier alpha value is -1.10. The number of nitrogens with zero attached hydrogens (tertiary/aromatic N) is 1. The summed E-state index contributed by atoms with van der Waals surface area (Å²) < 4.78 is 0. The molecular formula is C12H20N2O3. The van der Waals surface area contributed by atoms with Crippen LogP contribution in [0.15, 0.2) is 0 Å². The summed E-state index contributed by atoms with van der Waals surface area (Å²) in [5.74, 6) is -0.473. The number of rotatable bonds is 6. The van der Waals surface area contributed by atoms with Gasteiger partial charge >= 0.3 is 5.97 Å². The van der Waals surface area contributed by atoms with Gasteiger partial charge in [0.05, 0.1) is 5.41 Å². The first-order valence-corrected chi connectivity index (χ1v) is 6.29. The minimum atomic E-state index is -0.939. The van der Waals surface area contributed by atoms with Gasteiger partial charge in [-0.25, -0.2) is 0 Å². The van der Waals surface area contributed by atoms with Gasteiger partial charge in [0.25, 0.3) is 0 Å². The van der Waals surface area contributed by atoms with Crippen LogP contribution in [0.5, 0.6) is 0 Å². The Balaban J connectivity index is 2.02. The van der Waals surface area contributed by atoms with E-state index in [9.17, 15) is 9.59 Å². The van der Waals surface area contributed by atoms with E-state index >= 15 is 0 Å². The zero-order chi connectivity index (χ0) is 12.5. The molecule has 0 aliphatic heterocycles. The van der Waals surface area contributed by atoms with Crippen molar-refractivity contribution in [3.8, 4) is 0 Å². The zero-order valence-corrected chi connectivity index (χ0v) is 10.0. The van der Waals surface area contributed by atoms with Crippen LogP contribution in [-0.2, 0) is 9.59 Å². The number of hydrogen-bond donors (Lipinski definition) is 2. The van der Waals surface area contributed by atoms with E-state index in [-0.39, 0.29) is 12.5 Å². The van der Waals surface area contributed by atoms with Crippen molar-refractivity contribution in [2.24, 2.45) is 17.1 Å². The summed E-state index contributed by atoms with van der Waals surface area (Å²) in [6.45, 7) is 0.747. The molecule has 2 rings (SSSR count). The lowest BCUT2D eigenvalue weighted by Gasteiger charge is -2.42. The summed E-state index contributed by atoms with van der Waals surface area (Å²) >= 11 is 0. The van der Waals surface area contributed by atoms with Gasteiger partial charge in [0.2, 0.25) is 5.91 Å². The molecule has 0 aromatic heterocycles. The van der Waals surface area contributed by atoms with Crippen LogP contribution in [0, 0.1) is 11.3 Å². The molecule has 96 valence electrons. The summed E-state index contributed by atoms with van der Waals surface area (Å²) in [5.41, 5.74) is 5.24. The van der Waals surface area contributed by atoms with Gasteiger partial charge in [-0.15, -0.1) is 0 Å². The largest absolute Gasteiger partial charge is 0.480 e. The fourth-order valence-corrected chi connectivity index (χ4v) is 2.44.